The van der Waals surface area contributed by atoms with Gasteiger partial charge in [-0.1, -0.05) is 35.5 Å². The van der Waals surface area contributed by atoms with Gasteiger partial charge in [0.15, 0.2) is 11.9 Å². The van der Waals surface area contributed by atoms with Crippen LogP contribution in [0.1, 0.15) is 29.5 Å². The molecule has 0 aliphatic carbocycles. The number of rotatable bonds is 8. The lowest BCUT2D eigenvalue weighted by atomic mass is 10.1. The number of nitrogens with one attached hydrogen (secondary N) is 1. The van der Waals surface area contributed by atoms with Crippen LogP contribution < -0.4 is 5.32 Å². The molecule has 2 heterocycles. The standard InChI is InChI=1S/C19H21F3N2O4/c20-19(21,22)18(14-4-2-1-3-5-14)27-12-16-8-15(24-28-16)9-17(25)23-10-13-6-7-26-11-13/h1-5,8,13,18H,6-7,9-12H2,(H,23,25). The van der Waals surface area contributed by atoms with Gasteiger partial charge in [-0.25, -0.2) is 0 Å². The third-order valence-electron chi connectivity index (χ3n) is 4.35. The predicted molar refractivity (Wildman–Crippen MR) is 92.2 cm³/mol. The molecule has 1 amide bonds. The van der Waals surface area contributed by atoms with Crippen LogP contribution in [0.2, 0.25) is 0 Å². The Kier molecular flexibility index (Phi) is 6.69. The van der Waals surface area contributed by atoms with E-state index in [0.29, 0.717) is 31.4 Å². The first-order valence-corrected chi connectivity index (χ1v) is 8.94. The van der Waals surface area contributed by atoms with Crippen molar-refractivity contribution >= 4 is 5.91 Å². The topological polar surface area (TPSA) is 73.6 Å². The molecule has 0 saturated carbocycles. The first-order valence-electron chi connectivity index (χ1n) is 8.94. The molecule has 1 fully saturated rings. The minimum Gasteiger partial charge on any atom is -0.381 e. The smallest absolute Gasteiger partial charge is 0.381 e. The van der Waals surface area contributed by atoms with E-state index in [4.69, 9.17) is 14.0 Å². The number of alkyl halides is 3. The Hall–Kier alpha value is -2.39. The Labute approximate surface area is 160 Å². The summed E-state index contributed by atoms with van der Waals surface area (Å²) < 4.78 is 55.1. The zero-order chi connectivity index (χ0) is 20.0. The molecule has 2 unspecified atom stereocenters. The average molecular weight is 398 g/mol. The summed E-state index contributed by atoms with van der Waals surface area (Å²) in [5.74, 6) is 0.199. The van der Waals surface area contributed by atoms with Crippen molar-refractivity contribution in [3.8, 4) is 0 Å². The van der Waals surface area contributed by atoms with Crippen LogP contribution >= 0.6 is 0 Å². The summed E-state index contributed by atoms with van der Waals surface area (Å²) in [5.41, 5.74) is 0.340. The van der Waals surface area contributed by atoms with E-state index in [1.165, 1.54) is 30.3 Å². The molecule has 3 rings (SSSR count). The molecule has 9 heteroatoms. The van der Waals surface area contributed by atoms with Gasteiger partial charge in [-0.05, 0) is 12.0 Å². The first-order chi connectivity index (χ1) is 13.4. The fourth-order valence-electron chi connectivity index (χ4n) is 2.91. The molecule has 0 spiro atoms. The monoisotopic (exact) mass is 398 g/mol. The van der Waals surface area contributed by atoms with Crippen LogP contribution in [0, 0.1) is 5.92 Å². The SMILES string of the molecule is O=C(Cc1cc(COC(c2ccccc2)C(F)(F)F)on1)NCC1CCOC1. The van der Waals surface area contributed by atoms with Crippen molar-refractivity contribution in [3.63, 3.8) is 0 Å². The Balaban J connectivity index is 1.51. The molecule has 28 heavy (non-hydrogen) atoms. The number of hydrogen-bond donors (Lipinski definition) is 1. The molecule has 1 N–H and O–H groups in total. The van der Waals surface area contributed by atoms with Gasteiger partial charge in [0.1, 0.15) is 6.61 Å². The molecule has 152 valence electrons. The Morgan fingerprint density at radius 3 is 2.79 bits per heavy atom. The maximum absolute atomic E-state index is 13.3. The minimum atomic E-state index is -4.56. The fraction of sp³-hybridized carbons (Fsp3) is 0.474. The van der Waals surface area contributed by atoms with Gasteiger partial charge in [0.25, 0.3) is 0 Å². The summed E-state index contributed by atoms with van der Waals surface area (Å²) in [5, 5.41) is 6.52. The van der Waals surface area contributed by atoms with Crippen LogP contribution in [0.25, 0.3) is 0 Å². The number of aromatic nitrogens is 1. The van der Waals surface area contributed by atoms with E-state index in [1.54, 1.807) is 6.07 Å². The highest BCUT2D eigenvalue weighted by molar-refractivity contribution is 5.78. The minimum absolute atomic E-state index is 0.00464. The third-order valence-corrected chi connectivity index (χ3v) is 4.35. The summed E-state index contributed by atoms with van der Waals surface area (Å²) in [6, 6.07) is 8.79. The first kappa shape index (κ1) is 20.3. The largest absolute Gasteiger partial charge is 0.418 e. The maximum Gasteiger partial charge on any atom is 0.418 e. The lowest BCUT2D eigenvalue weighted by molar-refractivity contribution is -0.228. The molecule has 1 saturated heterocycles. The van der Waals surface area contributed by atoms with Crippen LogP contribution in [-0.4, -0.2) is 37.0 Å². The second-order valence-corrected chi connectivity index (χ2v) is 6.64. The number of carbonyl (C=O) groups excluding carboxylic acids is 1. The lowest BCUT2D eigenvalue weighted by Gasteiger charge is -2.20. The highest BCUT2D eigenvalue weighted by Gasteiger charge is 2.42. The van der Waals surface area contributed by atoms with E-state index in [9.17, 15) is 18.0 Å². The van der Waals surface area contributed by atoms with Crippen LogP contribution in [0.4, 0.5) is 13.2 Å². The highest BCUT2D eigenvalue weighted by atomic mass is 19.4. The molecule has 6 nitrogen and oxygen atoms in total. The van der Waals surface area contributed by atoms with E-state index in [-0.39, 0.29) is 23.7 Å². The summed E-state index contributed by atoms with van der Waals surface area (Å²) >= 11 is 0. The van der Waals surface area contributed by atoms with E-state index in [0.717, 1.165) is 6.42 Å². The maximum atomic E-state index is 13.3. The van der Waals surface area contributed by atoms with Gasteiger partial charge >= 0.3 is 6.18 Å². The Morgan fingerprint density at radius 2 is 2.11 bits per heavy atom. The zero-order valence-corrected chi connectivity index (χ0v) is 15.1. The number of ether oxygens (including phenoxy) is 2. The fourth-order valence-corrected chi connectivity index (χ4v) is 2.91. The Bertz CT molecular complexity index is 758. The lowest BCUT2D eigenvalue weighted by Crippen LogP contribution is -2.30. The highest BCUT2D eigenvalue weighted by Crippen LogP contribution is 2.36. The molecule has 2 atom stereocenters. The third kappa shape index (κ3) is 5.80. The normalized spacial score (nSPS) is 18.2. The predicted octanol–water partition coefficient (Wildman–Crippen LogP) is 3.19. The van der Waals surface area contributed by atoms with Crippen molar-refractivity contribution in [2.24, 2.45) is 5.92 Å². The van der Waals surface area contributed by atoms with Gasteiger partial charge in [-0.2, -0.15) is 13.2 Å². The molecule has 0 bridgehead atoms. The molecule has 1 aromatic heterocycles. The van der Waals surface area contributed by atoms with E-state index >= 15 is 0 Å². The zero-order valence-electron chi connectivity index (χ0n) is 15.1. The molecule has 2 aromatic rings. The summed E-state index contributed by atoms with van der Waals surface area (Å²) in [6.45, 7) is 1.45. The van der Waals surface area contributed by atoms with E-state index in [2.05, 4.69) is 10.5 Å². The average Bonchev–Trinajstić information content (AvgIpc) is 3.32. The van der Waals surface area contributed by atoms with Crippen LogP contribution in [-0.2, 0) is 27.3 Å². The van der Waals surface area contributed by atoms with Gasteiger partial charge in [-0.15, -0.1) is 0 Å². The number of hydrogen-bond acceptors (Lipinski definition) is 5. The number of halogens is 3. The van der Waals surface area contributed by atoms with Crippen LogP contribution in [0.5, 0.6) is 0 Å². The number of amides is 1. The molecular formula is C19H21F3N2O4. The van der Waals surface area contributed by atoms with Gasteiger partial charge < -0.3 is 19.3 Å². The van der Waals surface area contributed by atoms with Crippen LogP contribution in [0.3, 0.4) is 0 Å². The van der Waals surface area contributed by atoms with Gasteiger partial charge in [-0.3, -0.25) is 4.79 Å². The molecule has 1 aliphatic rings. The molecule has 0 radical (unpaired) electrons. The number of carbonyl (C=O) groups is 1. The van der Waals surface area contributed by atoms with Crippen molar-refractivity contribution in [1.82, 2.24) is 10.5 Å². The van der Waals surface area contributed by atoms with Crippen molar-refractivity contribution < 1.29 is 32.0 Å². The molecule has 1 aromatic carbocycles. The molecular weight excluding hydrogens is 377 g/mol. The van der Waals surface area contributed by atoms with Crippen molar-refractivity contribution in [1.29, 1.82) is 0 Å². The second-order valence-electron chi connectivity index (χ2n) is 6.64. The van der Waals surface area contributed by atoms with Gasteiger partial charge in [0, 0.05) is 25.1 Å². The van der Waals surface area contributed by atoms with Crippen molar-refractivity contribution in [2.75, 3.05) is 19.8 Å². The van der Waals surface area contributed by atoms with Gasteiger partial charge in [0.05, 0.1) is 18.7 Å². The van der Waals surface area contributed by atoms with Crippen molar-refractivity contribution in [3.05, 3.63) is 53.4 Å². The van der Waals surface area contributed by atoms with Crippen LogP contribution in [0.15, 0.2) is 40.9 Å². The van der Waals surface area contributed by atoms with Crippen molar-refractivity contribution in [2.45, 2.75) is 31.7 Å². The number of nitrogens with zero attached hydrogens (tertiary/aromatic N) is 1. The van der Waals surface area contributed by atoms with E-state index < -0.39 is 18.9 Å². The summed E-state index contributed by atoms with van der Waals surface area (Å²) in [7, 11) is 0. The second kappa shape index (κ2) is 9.20. The molecule has 1 aliphatic heterocycles. The quantitative estimate of drug-likeness (QED) is 0.739. The summed E-state index contributed by atoms with van der Waals surface area (Å²) in [6.07, 6.45) is -5.74. The summed E-state index contributed by atoms with van der Waals surface area (Å²) in [4.78, 5) is 11.9. The van der Waals surface area contributed by atoms with E-state index in [1.807, 2.05) is 0 Å². The Morgan fingerprint density at radius 1 is 1.32 bits per heavy atom. The van der Waals surface area contributed by atoms with Gasteiger partial charge in [0.2, 0.25) is 5.91 Å². The number of benzene rings is 1.